The predicted octanol–water partition coefficient (Wildman–Crippen LogP) is 3.76. The summed E-state index contributed by atoms with van der Waals surface area (Å²) in [5, 5.41) is 3.19. The van der Waals surface area contributed by atoms with Crippen molar-refractivity contribution in [3.8, 4) is 17.2 Å². The van der Waals surface area contributed by atoms with Crippen molar-refractivity contribution in [1.29, 1.82) is 0 Å². The zero-order valence-corrected chi connectivity index (χ0v) is 13.7. The van der Waals surface area contributed by atoms with Gasteiger partial charge in [0.25, 0.3) is 0 Å². The van der Waals surface area contributed by atoms with Crippen LogP contribution in [-0.2, 0) is 4.79 Å². The molecule has 1 amide bonds. The zero-order valence-electron chi connectivity index (χ0n) is 13.0. The Morgan fingerprint density at radius 3 is 2.52 bits per heavy atom. The van der Waals surface area contributed by atoms with Crippen LogP contribution in [0.15, 0.2) is 42.5 Å². The molecule has 5 nitrogen and oxygen atoms in total. The van der Waals surface area contributed by atoms with Crippen molar-refractivity contribution in [1.82, 2.24) is 0 Å². The topological polar surface area (TPSA) is 56.8 Å². The molecule has 0 aromatic heterocycles. The molecule has 0 spiro atoms. The second-order valence-electron chi connectivity index (χ2n) is 4.64. The number of carbonyl (C=O) groups is 1. The van der Waals surface area contributed by atoms with Crippen LogP contribution in [0.25, 0.3) is 0 Å². The molecule has 0 aliphatic rings. The summed E-state index contributed by atoms with van der Waals surface area (Å²) in [4.78, 5) is 12.0. The van der Waals surface area contributed by atoms with Crippen LogP contribution in [0, 0.1) is 0 Å². The number of anilines is 1. The van der Waals surface area contributed by atoms with Gasteiger partial charge in [0.2, 0.25) is 5.91 Å². The summed E-state index contributed by atoms with van der Waals surface area (Å²) in [5.41, 5.74) is 0.508. The Morgan fingerprint density at radius 1 is 1.09 bits per heavy atom. The van der Waals surface area contributed by atoms with Crippen LogP contribution in [0.5, 0.6) is 17.2 Å². The van der Waals surface area contributed by atoms with E-state index in [0.717, 1.165) is 0 Å². The lowest BCUT2D eigenvalue weighted by atomic mass is 10.3. The van der Waals surface area contributed by atoms with Crippen molar-refractivity contribution in [3.05, 3.63) is 47.5 Å². The average Bonchev–Trinajstić information content (AvgIpc) is 2.57. The number of amides is 1. The molecule has 0 radical (unpaired) electrons. The first-order valence-corrected chi connectivity index (χ1v) is 7.41. The molecule has 1 N–H and O–H groups in total. The highest BCUT2D eigenvalue weighted by Crippen LogP contribution is 2.27. The van der Waals surface area contributed by atoms with Crippen LogP contribution in [0.1, 0.15) is 6.42 Å². The highest BCUT2D eigenvalue weighted by atomic mass is 35.5. The number of hydrogen-bond acceptors (Lipinski definition) is 4. The van der Waals surface area contributed by atoms with Gasteiger partial charge < -0.3 is 19.5 Å². The first kappa shape index (κ1) is 17.0. The van der Waals surface area contributed by atoms with Gasteiger partial charge in [-0.05, 0) is 24.3 Å². The van der Waals surface area contributed by atoms with Gasteiger partial charge in [0.15, 0.2) is 11.5 Å². The van der Waals surface area contributed by atoms with E-state index >= 15 is 0 Å². The molecule has 2 aromatic rings. The molecule has 0 unspecified atom stereocenters. The fourth-order valence-corrected chi connectivity index (χ4v) is 2.10. The second kappa shape index (κ2) is 8.29. The lowest BCUT2D eigenvalue weighted by Gasteiger charge is -2.11. The van der Waals surface area contributed by atoms with Crippen LogP contribution < -0.4 is 19.5 Å². The number of benzene rings is 2. The molecule has 23 heavy (non-hydrogen) atoms. The minimum Gasteiger partial charge on any atom is -0.497 e. The Hall–Kier alpha value is -2.40. The van der Waals surface area contributed by atoms with E-state index in [2.05, 4.69) is 5.32 Å². The van der Waals surface area contributed by atoms with Crippen LogP contribution in [0.3, 0.4) is 0 Å². The largest absolute Gasteiger partial charge is 0.497 e. The molecule has 2 aromatic carbocycles. The number of ether oxygens (including phenoxy) is 3. The third-order valence-corrected chi connectivity index (χ3v) is 3.43. The van der Waals surface area contributed by atoms with Crippen LogP contribution in [0.4, 0.5) is 5.69 Å². The molecule has 122 valence electrons. The molecule has 0 atom stereocenters. The molecule has 6 heteroatoms. The number of nitrogens with one attached hydrogen (secondary N) is 1. The summed E-state index contributed by atoms with van der Waals surface area (Å²) in [6.07, 6.45) is 0.186. The maximum Gasteiger partial charge on any atom is 0.227 e. The Balaban J connectivity index is 1.88. The van der Waals surface area contributed by atoms with Gasteiger partial charge in [-0.1, -0.05) is 23.7 Å². The monoisotopic (exact) mass is 335 g/mol. The van der Waals surface area contributed by atoms with Gasteiger partial charge in [-0.25, -0.2) is 0 Å². The van der Waals surface area contributed by atoms with Crippen LogP contribution >= 0.6 is 11.6 Å². The maximum atomic E-state index is 12.0. The van der Waals surface area contributed by atoms with Crippen molar-refractivity contribution < 1.29 is 19.0 Å². The third kappa shape index (κ3) is 4.79. The van der Waals surface area contributed by atoms with Crippen molar-refractivity contribution in [3.63, 3.8) is 0 Å². The summed E-state index contributed by atoms with van der Waals surface area (Å²) in [6, 6.07) is 12.3. The Morgan fingerprint density at radius 2 is 1.83 bits per heavy atom. The van der Waals surface area contributed by atoms with Gasteiger partial charge in [0, 0.05) is 6.07 Å². The number of halogens is 1. The smallest absolute Gasteiger partial charge is 0.227 e. The lowest BCUT2D eigenvalue weighted by molar-refractivity contribution is -0.116. The molecule has 0 bridgehead atoms. The number of hydrogen-bond donors (Lipinski definition) is 1. The molecule has 0 saturated carbocycles. The van der Waals surface area contributed by atoms with E-state index < -0.39 is 0 Å². The van der Waals surface area contributed by atoms with E-state index in [-0.39, 0.29) is 18.9 Å². The fourth-order valence-electron chi connectivity index (χ4n) is 1.93. The Labute approximate surface area is 140 Å². The summed E-state index contributed by atoms with van der Waals surface area (Å²) in [7, 11) is 3.12. The van der Waals surface area contributed by atoms with E-state index in [1.165, 1.54) is 0 Å². The third-order valence-electron chi connectivity index (χ3n) is 3.10. The zero-order chi connectivity index (χ0) is 16.7. The Bertz CT molecular complexity index is 675. The van der Waals surface area contributed by atoms with Gasteiger partial charge in [-0.2, -0.15) is 0 Å². The average molecular weight is 336 g/mol. The summed E-state index contributed by atoms with van der Waals surface area (Å²) in [5.74, 6) is 1.65. The van der Waals surface area contributed by atoms with Gasteiger partial charge in [-0.15, -0.1) is 0 Å². The van der Waals surface area contributed by atoms with Gasteiger partial charge >= 0.3 is 0 Å². The molecular weight excluding hydrogens is 318 g/mol. The second-order valence-corrected chi connectivity index (χ2v) is 5.05. The normalized spacial score (nSPS) is 10.0. The van der Waals surface area contributed by atoms with Crippen LogP contribution in [0.2, 0.25) is 5.02 Å². The summed E-state index contributed by atoms with van der Waals surface area (Å²) >= 11 is 6.05. The molecule has 2 rings (SSSR count). The summed E-state index contributed by atoms with van der Waals surface area (Å²) < 4.78 is 15.9. The molecule has 0 heterocycles. The first-order valence-electron chi connectivity index (χ1n) is 7.03. The van der Waals surface area contributed by atoms with Crippen molar-refractivity contribution in [2.24, 2.45) is 0 Å². The van der Waals surface area contributed by atoms with Crippen molar-refractivity contribution in [2.75, 3.05) is 26.1 Å². The van der Waals surface area contributed by atoms with Gasteiger partial charge in [-0.3, -0.25) is 4.79 Å². The number of rotatable bonds is 7. The van der Waals surface area contributed by atoms with Crippen molar-refractivity contribution >= 4 is 23.2 Å². The maximum absolute atomic E-state index is 12.0. The van der Waals surface area contributed by atoms with E-state index in [9.17, 15) is 4.79 Å². The molecule has 0 aliphatic heterocycles. The SMILES string of the molecule is COc1ccc(Cl)c(NC(=O)CCOc2ccccc2OC)c1. The predicted molar refractivity (Wildman–Crippen MR) is 89.7 cm³/mol. The van der Waals surface area contributed by atoms with E-state index in [1.807, 2.05) is 12.1 Å². The molecule has 0 aliphatic carbocycles. The van der Waals surface area contributed by atoms with Gasteiger partial charge in [0.1, 0.15) is 5.75 Å². The first-order chi connectivity index (χ1) is 11.1. The summed E-state index contributed by atoms with van der Waals surface area (Å²) in [6.45, 7) is 0.230. The fraction of sp³-hybridized carbons (Fsp3) is 0.235. The highest BCUT2D eigenvalue weighted by molar-refractivity contribution is 6.33. The number of carbonyl (C=O) groups excluding carboxylic acids is 1. The van der Waals surface area contributed by atoms with E-state index in [1.54, 1.807) is 44.6 Å². The quantitative estimate of drug-likeness (QED) is 0.837. The van der Waals surface area contributed by atoms with E-state index in [0.29, 0.717) is 28.0 Å². The number of methoxy groups -OCH3 is 2. The highest BCUT2D eigenvalue weighted by Gasteiger charge is 2.09. The van der Waals surface area contributed by atoms with Gasteiger partial charge in [0.05, 0.1) is 38.0 Å². The molecular formula is C17H18ClNO4. The lowest BCUT2D eigenvalue weighted by Crippen LogP contribution is -2.15. The number of para-hydroxylation sites is 2. The molecule has 0 saturated heterocycles. The molecule has 0 fully saturated rings. The van der Waals surface area contributed by atoms with Crippen molar-refractivity contribution in [2.45, 2.75) is 6.42 Å². The minimum atomic E-state index is -0.199. The van der Waals surface area contributed by atoms with Crippen LogP contribution in [-0.4, -0.2) is 26.7 Å². The van der Waals surface area contributed by atoms with E-state index in [4.69, 9.17) is 25.8 Å². The standard InChI is InChI=1S/C17H18ClNO4/c1-21-12-7-8-13(18)14(11-12)19-17(20)9-10-23-16-6-4-3-5-15(16)22-2/h3-8,11H,9-10H2,1-2H3,(H,19,20). The minimum absolute atomic E-state index is 0.186. The Kier molecular flexibility index (Phi) is 6.11.